The number of rotatable bonds is 6. The smallest absolute Gasteiger partial charge is 0.270 e. The summed E-state index contributed by atoms with van der Waals surface area (Å²) in [5.41, 5.74) is 1.09. The maximum Gasteiger partial charge on any atom is 0.270 e. The van der Waals surface area contributed by atoms with Crippen LogP contribution in [0.2, 0.25) is 0 Å². The number of nitro groups is 1. The highest BCUT2D eigenvalue weighted by atomic mass is 32.2. The zero-order valence-corrected chi connectivity index (χ0v) is 14.8. The Balaban J connectivity index is 2.28. The lowest BCUT2D eigenvalue weighted by atomic mass is 10.1. The summed E-state index contributed by atoms with van der Waals surface area (Å²) in [6.45, 7) is 5.86. The molecule has 1 aromatic heterocycles. The molecule has 1 atom stereocenters. The van der Waals surface area contributed by atoms with Crippen LogP contribution in [0, 0.1) is 10.1 Å². The minimum Gasteiger partial charge on any atom is -0.345 e. The number of amides is 1. The first-order valence-electron chi connectivity index (χ1n) is 7.52. The van der Waals surface area contributed by atoms with Gasteiger partial charge in [-0.2, -0.15) is 5.10 Å². The van der Waals surface area contributed by atoms with Crippen molar-refractivity contribution in [1.29, 1.82) is 0 Å². The molecule has 0 unspecified atom stereocenters. The molecule has 0 aliphatic rings. The van der Waals surface area contributed by atoms with Crippen molar-refractivity contribution in [1.82, 2.24) is 15.1 Å². The number of aryl methyl sites for hydroxylation is 1. The van der Waals surface area contributed by atoms with Crippen LogP contribution >= 0.6 is 11.8 Å². The molecule has 0 saturated heterocycles. The summed E-state index contributed by atoms with van der Waals surface area (Å²) in [6, 6.07) is 4.14. The summed E-state index contributed by atoms with van der Waals surface area (Å²) in [6.07, 6.45) is 3.50. The third-order valence-electron chi connectivity index (χ3n) is 3.35. The first-order valence-corrected chi connectivity index (χ1v) is 8.40. The van der Waals surface area contributed by atoms with E-state index in [0.717, 1.165) is 10.5 Å². The van der Waals surface area contributed by atoms with Crippen LogP contribution in [-0.2, 0) is 7.05 Å². The number of carbonyl (C=O) groups is 1. The Bertz CT molecular complexity index is 758. The average molecular weight is 348 g/mol. The van der Waals surface area contributed by atoms with Gasteiger partial charge >= 0.3 is 0 Å². The highest BCUT2D eigenvalue weighted by Gasteiger charge is 2.20. The van der Waals surface area contributed by atoms with Crippen LogP contribution in [-0.4, -0.2) is 25.9 Å². The van der Waals surface area contributed by atoms with Crippen molar-refractivity contribution >= 4 is 23.4 Å². The van der Waals surface area contributed by atoms with Crippen LogP contribution in [0.4, 0.5) is 5.69 Å². The zero-order chi connectivity index (χ0) is 17.9. The fourth-order valence-corrected chi connectivity index (χ4v) is 3.12. The van der Waals surface area contributed by atoms with E-state index in [2.05, 4.69) is 10.4 Å². The van der Waals surface area contributed by atoms with Gasteiger partial charge in [0.05, 0.1) is 22.7 Å². The molecule has 1 amide bonds. The fourth-order valence-electron chi connectivity index (χ4n) is 2.19. The van der Waals surface area contributed by atoms with E-state index in [0.29, 0.717) is 5.56 Å². The number of benzene rings is 1. The van der Waals surface area contributed by atoms with E-state index in [-0.39, 0.29) is 22.9 Å². The molecule has 0 aliphatic carbocycles. The van der Waals surface area contributed by atoms with E-state index in [9.17, 15) is 14.9 Å². The van der Waals surface area contributed by atoms with Gasteiger partial charge in [0, 0.05) is 41.1 Å². The molecule has 1 N–H and O–H groups in total. The van der Waals surface area contributed by atoms with Gasteiger partial charge < -0.3 is 5.32 Å². The maximum absolute atomic E-state index is 12.6. The second kappa shape index (κ2) is 7.48. The largest absolute Gasteiger partial charge is 0.345 e. The summed E-state index contributed by atoms with van der Waals surface area (Å²) in [5.74, 6) is -0.335. The number of non-ortho nitro benzene ring substituents is 1. The van der Waals surface area contributed by atoms with Gasteiger partial charge in [-0.1, -0.05) is 13.8 Å². The van der Waals surface area contributed by atoms with E-state index >= 15 is 0 Å². The van der Waals surface area contributed by atoms with Crippen molar-refractivity contribution < 1.29 is 9.72 Å². The van der Waals surface area contributed by atoms with Gasteiger partial charge in [0.15, 0.2) is 0 Å². The van der Waals surface area contributed by atoms with Gasteiger partial charge in [0.25, 0.3) is 11.6 Å². The van der Waals surface area contributed by atoms with Crippen LogP contribution in [0.25, 0.3) is 0 Å². The van der Waals surface area contributed by atoms with Crippen LogP contribution in [0.1, 0.15) is 42.7 Å². The van der Waals surface area contributed by atoms with Crippen molar-refractivity contribution in [3.05, 3.63) is 51.8 Å². The van der Waals surface area contributed by atoms with E-state index in [1.54, 1.807) is 24.0 Å². The normalized spacial score (nSPS) is 12.2. The minimum atomic E-state index is -0.495. The molecule has 8 heteroatoms. The summed E-state index contributed by atoms with van der Waals surface area (Å²) in [5, 5.41) is 18.2. The third kappa shape index (κ3) is 4.35. The Morgan fingerprint density at radius 1 is 1.38 bits per heavy atom. The number of thioether (sulfide) groups is 1. The summed E-state index contributed by atoms with van der Waals surface area (Å²) >= 11 is 1.50. The lowest BCUT2D eigenvalue weighted by Crippen LogP contribution is -2.27. The molecular weight excluding hydrogens is 328 g/mol. The van der Waals surface area contributed by atoms with Crippen molar-refractivity contribution in [3.8, 4) is 0 Å². The quantitative estimate of drug-likeness (QED) is 0.491. The predicted molar refractivity (Wildman–Crippen MR) is 93.2 cm³/mol. The summed E-state index contributed by atoms with van der Waals surface area (Å²) in [7, 11) is 1.80. The van der Waals surface area contributed by atoms with E-state index in [1.807, 2.05) is 27.0 Å². The lowest BCUT2D eigenvalue weighted by molar-refractivity contribution is -0.384. The molecule has 0 fully saturated rings. The topological polar surface area (TPSA) is 90.1 Å². The number of carbonyl (C=O) groups excluding carboxylic acids is 1. The zero-order valence-electron chi connectivity index (χ0n) is 14.0. The van der Waals surface area contributed by atoms with Gasteiger partial charge in [-0.15, -0.1) is 11.8 Å². The molecular formula is C16H20N4O3S. The standard InChI is InChI=1S/C16H20N4O3S/c1-10(2)24-15-6-5-13(20(22)23)7-14(15)16(21)18-11(3)12-8-17-19(4)9-12/h5-11H,1-4H3,(H,18,21)/t11-/m0/s1. The van der Waals surface area contributed by atoms with Crippen LogP contribution < -0.4 is 5.32 Å². The maximum atomic E-state index is 12.6. The molecule has 1 aromatic carbocycles. The van der Waals surface area contributed by atoms with Crippen LogP contribution in [0.3, 0.4) is 0 Å². The second-order valence-corrected chi connectivity index (χ2v) is 7.37. The molecule has 2 rings (SSSR count). The third-order valence-corrected chi connectivity index (χ3v) is 4.44. The molecule has 0 saturated carbocycles. The van der Waals surface area contributed by atoms with Crippen molar-refractivity contribution in [2.45, 2.75) is 37.0 Å². The molecule has 0 spiro atoms. The van der Waals surface area contributed by atoms with Gasteiger partial charge in [0.2, 0.25) is 0 Å². The molecule has 0 bridgehead atoms. The molecule has 1 heterocycles. The van der Waals surface area contributed by atoms with Gasteiger partial charge in [0.1, 0.15) is 0 Å². The number of nitro benzene ring substituents is 1. The molecule has 128 valence electrons. The summed E-state index contributed by atoms with van der Waals surface area (Å²) in [4.78, 5) is 23.9. The Labute approximate surface area is 144 Å². The molecule has 24 heavy (non-hydrogen) atoms. The van der Waals surface area contributed by atoms with E-state index in [1.165, 1.54) is 23.9 Å². The first-order chi connectivity index (χ1) is 11.3. The molecule has 0 radical (unpaired) electrons. The Kier molecular flexibility index (Phi) is 5.61. The van der Waals surface area contributed by atoms with Gasteiger partial charge in [-0.25, -0.2) is 0 Å². The highest BCUT2D eigenvalue weighted by molar-refractivity contribution is 8.00. The van der Waals surface area contributed by atoms with E-state index < -0.39 is 4.92 Å². The first kappa shape index (κ1) is 18.0. The van der Waals surface area contributed by atoms with Crippen molar-refractivity contribution in [3.63, 3.8) is 0 Å². The Morgan fingerprint density at radius 3 is 2.62 bits per heavy atom. The number of hydrogen-bond donors (Lipinski definition) is 1. The Hall–Kier alpha value is -2.35. The highest BCUT2D eigenvalue weighted by Crippen LogP contribution is 2.30. The van der Waals surface area contributed by atoms with E-state index in [4.69, 9.17) is 0 Å². The predicted octanol–water partition coefficient (Wildman–Crippen LogP) is 3.32. The average Bonchev–Trinajstić information content (AvgIpc) is 2.93. The number of hydrogen-bond acceptors (Lipinski definition) is 5. The Morgan fingerprint density at radius 2 is 2.08 bits per heavy atom. The van der Waals surface area contributed by atoms with Crippen LogP contribution in [0.5, 0.6) is 0 Å². The lowest BCUT2D eigenvalue weighted by Gasteiger charge is -2.15. The fraction of sp³-hybridized carbons (Fsp3) is 0.375. The van der Waals surface area contributed by atoms with Crippen molar-refractivity contribution in [2.24, 2.45) is 7.05 Å². The SMILES string of the molecule is CC(C)Sc1ccc([N+](=O)[O-])cc1C(=O)N[C@@H](C)c1cnn(C)c1. The van der Waals surface area contributed by atoms with Gasteiger partial charge in [-0.05, 0) is 13.0 Å². The number of nitrogens with zero attached hydrogens (tertiary/aromatic N) is 3. The summed E-state index contributed by atoms with van der Waals surface area (Å²) < 4.78 is 1.66. The molecule has 0 aliphatic heterocycles. The number of aromatic nitrogens is 2. The molecule has 7 nitrogen and oxygen atoms in total. The monoisotopic (exact) mass is 348 g/mol. The minimum absolute atomic E-state index is 0.0951. The second-order valence-electron chi connectivity index (χ2n) is 5.75. The van der Waals surface area contributed by atoms with Gasteiger partial charge in [-0.3, -0.25) is 19.6 Å². The van der Waals surface area contributed by atoms with Crippen LogP contribution in [0.15, 0.2) is 35.5 Å². The number of nitrogens with one attached hydrogen (secondary N) is 1. The molecule has 2 aromatic rings. The van der Waals surface area contributed by atoms with Crippen molar-refractivity contribution in [2.75, 3.05) is 0 Å².